The third kappa shape index (κ3) is 4.79. The molecule has 10 aromatic carbocycles. The first-order valence-corrected chi connectivity index (χ1v) is 20.3. The van der Waals surface area contributed by atoms with E-state index in [0.717, 1.165) is 12.1 Å². The number of nitrogens with zero attached hydrogens (tertiary/aromatic N) is 1. The lowest BCUT2D eigenvalue weighted by molar-refractivity contribution is 0.828. The maximum Gasteiger partial charge on any atom is 0.0571 e. The number of para-hydroxylation sites is 4. The zero-order valence-electron chi connectivity index (χ0n) is 32.1. The summed E-state index contributed by atoms with van der Waals surface area (Å²) in [6, 6.07) is 71.9. The van der Waals surface area contributed by atoms with Gasteiger partial charge in [-0.15, -0.1) is 0 Å². The fraction of sp³-hybridized carbons (Fsp3) is 0.0357. The van der Waals surface area contributed by atoms with Crippen LogP contribution in [0.3, 0.4) is 0 Å². The minimum absolute atomic E-state index is 0.888. The van der Waals surface area contributed by atoms with E-state index >= 15 is 0 Å². The van der Waals surface area contributed by atoms with Gasteiger partial charge < -0.3 is 9.55 Å². The second-order valence-corrected chi connectivity index (χ2v) is 15.5. The van der Waals surface area contributed by atoms with Crippen molar-refractivity contribution in [3.8, 4) is 44.5 Å². The molecule has 2 heterocycles. The smallest absolute Gasteiger partial charge is 0.0571 e. The SMILES string of the molecule is CCn1c2ccccc2c2cccc(-c3cccc4c(-c5cccc6cc(-c7ccccc7)ccc56)c5cccc(-c6cccc7c6[nH]c6ccccc67)c5cc34)c21. The first kappa shape index (κ1) is 32.8. The Labute approximate surface area is 336 Å². The van der Waals surface area contributed by atoms with Crippen molar-refractivity contribution < 1.29 is 0 Å². The summed E-state index contributed by atoms with van der Waals surface area (Å²) in [7, 11) is 0. The summed E-state index contributed by atoms with van der Waals surface area (Å²) in [5, 5.41) is 12.6. The van der Waals surface area contributed by atoms with E-state index in [1.807, 2.05) is 0 Å². The van der Waals surface area contributed by atoms with Gasteiger partial charge in [-0.1, -0.05) is 170 Å². The molecule has 1 N–H and O–H groups in total. The van der Waals surface area contributed by atoms with Gasteiger partial charge >= 0.3 is 0 Å². The molecule has 2 nitrogen and oxygen atoms in total. The zero-order valence-corrected chi connectivity index (χ0v) is 32.1. The van der Waals surface area contributed by atoms with Crippen molar-refractivity contribution in [2.75, 3.05) is 0 Å². The first-order valence-electron chi connectivity index (χ1n) is 20.3. The van der Waals surface area contributed by atoms with Crippen molar-refractivity contribution in [3.05, 3.63) is 194 Å². The van der Waals surface area contributed by atoms with Gasteiger partial charge in [-0.3, -0.25) is 0 Å². The van der Waals surface area contributed by atoms with Crippen LogP contribution in [-0.2, 0) is 6.54 Å². The summed E-state index contributed by atoms with van der Waals surface area (Å²) in [4.78, 5) is 3.82. The minimum atomic E-state index is 0.888. The van der Waals surface area contributed by atoms with Crippen molar-refractivity contribution >= 4 is 75.9 Å². The number of aromatic amines is 1. The van der Waals surface area contributed by atoms with Crippen molar-refractivity contribution in [2.24, 2.45) is 0 Å². The monoisotopic (exact) mass is 738 g/mol. The average Bonchev–Trinajstić information content (AvgIpc) is 3.84. The quantitative estimate of drug-likeness (QED) is 0.170. The largest absolute Gasteiger partial charge is 0.354 e. The molecule has 12 aromatic rings. The number of hydrogen-bond donors (Lipinski definition) is 1. The van der Waals surface area contributed by atoms with Crippen LogP contribution in [0.2, 0.25) is 0 Å². The third-order valence-corrected chi connectivity index (χ3v) is 12.5. The van der Waals surface area contributed by atoms with Crippen LogP contribution in [0.5, 0.6) is 0 Å². The highest BCUT2D eigenvalue weighted by Gasteiger charge is 2.21. The molecule has 0 aliphatic heterocycles. The summed E-state index contributed by atoms with van der Waals surface area (Å²) in [5.74, 6) is 0. The summed E-state index contributed by atoms with van der Waals surface area (Å²) in [6.07, 6.45) is 0. The van der Waals surface area contributed by atoms with Crippen LogP contribution in [0, 0.1) is 0 Å². The molecule has 12 rings (SSSR count). The average molecular weight is 739 g/mol. The fourth-order valence-electron chi connectivity index (χ4n) is 9.99. The molecule has 0 amide bonds. The molecule has 58 heavy (non-hydrogen) atoms. The summed E-state index contributed by atoms with van der Waals surface area (Å²) < 4.78 is 2.50. The van der Waals surface area contributed by atoms with Crippen LogP contribution in [-0.4, -0.2) is 9.55 Å². The van der Waals surface area contributed by atoms with Gasteiger partial charge in [-0.25, -0.2) is 0 Å². The molecule has 0 aliphatic rings. The Hall–Kier alpha value is -7.42. The Morgan fingerprint density at radius 1 is 0.379 bits per heavy atom. The lowest BCUT2D eigenvalue weighted by Gasteiger charge is -2.19. The zero-order chi connectivity index (χ0) is 38.3. The molecule has 272 valence electrons. The van der Waals surface area contributed by atoms with E-state index in [1.165, 1.54) is 115 Å². The molecule has 0 aliphatic carbocycles. The predicted molar refractivity (Wildman–Crippen MR) is 249 cm³/mol. The standard InChI is InChI=1S/C56H38N2/c1-2-58-53-30-9-7-19-42(53)49-28-14-27-48(56(49)58)40-21-12-24-45-51(40)34-50-39(46-25-13-26-47-41-18-6-8-29-52(41)57-55(46)47)20-11-23-44(50)54(45)43-22-10-17-37-33-36(31-32-38(37)43)35-15-4-3-5-16-35/h3-34,57H,2H2,1H3. The maximum absolute atomic E-state index is 3.82. The lowest BCUT2D eigenvalue weighted by atomic mass is 9.84. The van der Waals surface area contributed by atoms with Crippen molar-refractivity contribution in [2.45, 2.75) is 13.5 Å². The molecule has 0 atom stereocenters. The third-order valence-electron chi connectivity index (χ3n) is 12.5. The number of aryl methyl sites for hydroxylation is 1. The second kappa shape index (κ2) is 12.8. The van der Waals surface area contributed by atoms with Crippen LogP contribution in [0.15, 0.2) is 194 Å². The first-order chi connectivity index (χ1) is 28.7. The van der Waals surface area contributed by atoms with E-state index in [9.17, 15) is 0 Å². The molecule has 0 fully saturated rings. The molecule has 0 saturated heterocycles. The molecule has 0 spiro atoms. The molecular weight excluding hydrogens is 701 g/mol. The molecular formula is C56H38N2. The number of benzene rings is 10. The lowest BCUT2D eigenvalue weighted by Crippen LogP contribution is -1.96. The Morgan fingerprint density at radius 3 is 1.78 bits per heavy atom. The minimum Gasteiger partial charge on any atom is -0.354 e. The topological polar surface area (TPSA) is 20.7 Å². The normalized spacial score (nSPS) is 11.9. The van der Waals surface area contributed by atoms with E-state index < -0.39 is 0 Å². The van der Waals surface area contributed by atoms with Crippen molar-refractivity contribution in [3.63, 3.8) is 0 Å². The Bertz CT molecular complexity index is 3600. The van der Waals surface area contributed by atoms with E-state index in [-0.39, 0.29) is 0 Å². The summed E-state index contributed by atoms with van der Waals surface area (Å²) >= 11 is 0. The van der Waals surface area contributed by atoms with Gasteiger partial charge in [-0.05, 0) is 96.9 Å². The Kier molecular flexibility index (Phi) is 7.24. The van der Waals surface area contributed by atoms with Gasteiger partial charge in [-0.2, -0.15) is 0 Å². The van der Waals surface area contributed by atoms with Gasteiger partial charge in [0.05, 0.1) is 11.0 Å². The highest BCUT2D eigenvalue weighted by atomic mass is 15.0. The van der Waals surface area contributed by atoms with Gasteiger partial charge in [0.2, 0.25) is 0 Å². The Balaban J connectivity index is 1.21. The highest BCUT2D eigenvalue weighted by molar-refractivity contribution is 6.24. The van der Waals surface area contributed by atoms with Crippen molar-refractivity contribution in [1.29, 1.82) is 0 Å². The summed E-state index contributed by atoms with van der Waals surface area (Å²) in [5.41, 5.74) is 14.8. The highest BCUT2D eigenvalue weighted by Crippen LogP contribution is 2.47. The molecule has 0 radical (unpaired) electrons. The van der Waals surface area contributed by atoms with E-state index in [0.29, 0.717) is 0 Å². The van der Waals surface area contributed by atoms with Crippen LogP contribution in [0.1, 0.15) is 6.92 Å². The molecule has 2 heteroatoms. The molecule has 0 saturated carbocycles. The van der Waals surface area contributed by atoms with Crippen LogP contribution in [0.25, 0.3) is 120 Å². The number of fused-ring (bicyclic) bond motifs is 9. The Morgan fingerprint density at radius 2 is 0.983 bits per heavy atom. The van der Waals surface area contributed by atoms with Crippen LogP contribution in [0.4, 0.5) is 0 Å². The van der Waals surface area contributed by atoms with Gasteiger partial charge in [0.1, 0.15) is 0 Å². The molecule has 0 unspecified atom stereocenters. The number of H-pyrrole nitrogens is 1. The maximum atomic E-state index is 3.82. The number of aromatic nitrogens is 2. The van der Waals surface area contributed by atoms with E-state index in [1.54, 1.807) is 0 Å². The van der Waals surface area contributed by atoms with Crippen LogP contribution < -0.4 is 0 Å². The van der Waals surface area contributed by atoms with Gasteiger partial charge in [0.25, 0.3) is 0 Å². The number of nitrogens with one attached hydrogen (secondary N) is 1. The van der Waals surface area contributed by atoms with E-state index in [4.69, 9.17) is 0 Å². The summed E-state index contributed by atoms with van der Waals surface area (Å²) in [6.45, 7) is 3.15. The van der Waals surface area contributed by atoms with Gasteiger partial charge in [0, 0.05) is 50.2 Å². The number of rotatable bonds is 5. The van der Waals surface area contributed by atoms with E-state index in [2.05, 4.69) is 211 Å². The molecule has 2 aromatic heterocycles. The van der Waals surface area contributed by atoms with Crippen LogP contribution >= 0.6 is 0 Å². The van der Waals surface area contributed by atoms with Crippen molar-refractivity contribution in [1.82, 2.24) is 9.55 Å². The number of hydrogen-bond acceptors (Lipinski definition) is 0. The predicted octanol–water partition coefficient (Wildman–Crippen LogP) is 15.6. The molecule has 0 bridgehead atoms. The second-order valence-electron chi connectivity index (χ2n) is 15.5. The van der Waals surface area contributed by atoms with Gasteiger partial charge in [0.15, 0.2) is 0 Å². The fourth-order valence-corrected chi connectivity index (χ4v) is 9.99.